The first-order chi connectivity index (χ1) is 5.66. The topological polar surface area (TPSA) is 43.1 Å². The predicted octanol–water partition coefficient (Wildman–Crippen LogP) is 1.66. The number of hydrogen-bond donors (Lipinski definition) is 1. The van der Waals surface area contributed by atoms with Crippen LogP contribution in [0.5, 0.6) is 0 Å². The molecule has 12 heavy (non-hydrogen) atoms. The Kier molecular flexibility index (Phi) is 7.81. The van der Waals surface area contributed by atoms with E-state index in [0.29, 0.717) is 5.75 Å². The van der Waals surface area contributed by atoms with Gasteiger partial charge in [-0.25, -0.2) is 0 Å². The van der Waals surface area contributed by atoms with Crippen LogP contribution in [0.1, 0.15) is 39.5 Å². The van der Waals surface area contributed by atoms with E-state index >= 15 is 0 Å². The second-order valence-corrected chi connectivity index (χ2v) is 4.97. The molecule has 2 atom stereocenters. The third-order valence-corrected chi connectivity index (χ3v) is 3.32. The number of nitrogens with two attached hydrogens (primary N) is 1. The van der Waals surface area contributed by atoms with Crippen LogP contribution >= 0.6 is 0 Å². The summed E-state index contributed by atoms with van der Waals surface area (Å²) in [6.07, 6.45) is 4.80. The summed E-state index contributed by atoms with van der Waals surface area (Å²) in [5.74, 6) is 1.49. The molecule has 0 amide bonds. The van der Waals surface area contributed by atoms with Gasteiger partial charge in [0, 0.05) is 28.3 Å². The van der Waals surface area contributed by atoms with Crippen LogP contribution in [0.25, 0.3) is 0 Å². The quantitative estimate of drug-likeness (QED) is 0.622. The molecule has 0 aliphatic rings. The van der Waals surface area contributed by atoms with E-state index in [1.165, 1.54) is 19.3 Å². The lowest BCUT2D eigenvalue weighted by Gasteiger charge is -2.04. The molecule has 74 valence electrons. The maximum atomic E-state index is 11.2. The normalized spacial score (nSPS) is 15.9. The highest BCUT2D eigenvalue weighted by molar-refractivity contribution is 7.85. The van der Waals surface area contributed by atoms with Gasteiger partial charge >= 0.3 is 0 Å². The number of rotatable bonds is 7. The zero-order valence-corrected chi connectivity index (χ0v) is 9.03. The zero-order chi connectivity index (χ0) is 9.40. The van der Waals surface area contributed by atoms with Crippen LogP contribution in [-0.2, 0) is 10.8 Å². The average molecular weight is 191 g/mol. The van der Waals surface area contributed by atoms with Gasteiger partial charge in [-0.05, 0) is 13.3 Å². The maximum Gasteiger partial charge on any atom is 0.0383 e. The molecule has 0 radical (unpaired) electrons. The third kappa shape index (κ3) is 8.21. The Morgan fingerprint density at radius 1 is 1.33 bits per heavy atom. The van der Waals surface area contributed by atoms with Crippen molar-refractivity contribution in [2.45, 2.75) is 45.6 Å². The molecule has 0 saturated carbocycles. The van der Waals surface area contributed by atoms with Gasteiger partial charge in [-0.2, -0.15) is 0 Å². The van der Waals surface area contributed by atoms with Crippen LogP contribution < -0.4 is 5.73 Å². The fourth-order valence-electron chi connectivity index (χ4n) is 1.07. The second kappa shape index (κ2) is 7.74. The lowest BCUT2D eigenvalue weighted by Crippen LogP contribution is -2.24. The molecule has 0 heterocycles. The Balaban J connectivity index is 3.20. The molecule has 3 heteroatoms. The van der Waals surface area contributed by atoms with E-state index in [-0.39, 0.29) is 6.04 Å². The fraction of sp³-hybridized carbons (Fsp3) is 1.00. The highest BCUT2D eigenvalue weighted by Crippen LogP contribution is 2.00. The van der Waals surface area contributed by atoms with Crippen LogP contribution in [0.3, 0.4) is 0 Å². The van der Waals surface area contributed by atoms with E-state index in [4.69, 9.17) is 5.73 Å². The Hall–Kier alpha value is 0.110. The first-order valence-corrected chi connectivity index (χ1v) is 6.26. The monoisotopic (exact) mass is 191 g/mol. The summed E-state index contributed by atoms with van der Waals surface area (Å²) in [7, 11) is -0.679. The standard InChI is InChI=1S/C9H21NOS/c1-3-4-5-6-7-12(11)8-9(2)10/h9H,3-8,10H2,1-2H3. The van der Waals surface area contributed by atoms with E-state index in [9.17, 15) is 4.21 Å². The van der Waals surface area contributed by atoms with Crippen LogP contribution in [-0.4, -0.2) is 21.8 Å². The Morgan fingerprint density at radius 3 is 2.50 bits per heavy atom. The molecule has 0 rings (SSSR count). The summed E-state index contributed by atoms with van der Waals surface area (Å²) >= 11 is 0. The minimum Gasteiger partial charge on any atom is -0.327 e. The van der Waals surface area contributed by atoms with E-state index in [2.05, 4.69) is 6.92 Å². The van der Waals surface area contributed by atoms with Gasteiger partial charge in [-0.1, -0.05) is 26.2 Å². The molecule has 0 aromatic rings. The van der Waals surface area contributed by atoms with Crippen molar-refractivity contribution in [3.8, 4) is 0 Å². The van der Waals surface area contributed by atoms with E-state index in [1.54, 1.807) is 0 Å². The SMILES string of the molecule is CCCCCCS(=O)CC(C)N. The Morgan fingerprint density at radius 2 is 2.00 bits per heavy atom. The van der Waals surface area contributed by atoms with Crippen LogP contribution in [0.15, 0.2) is 0 Å². The first kappa shape index (κ1) is 12.1. The highest BCUT2D eigenvalue weighted by Gasteiger charge is 2.02. The highest BCUT2D eigenvalue weighted by atomic mass is 32.2. The molecule has 0 aromatic carbocycles. The lowest BCUT2D eigenvalue weighted by molar-refractivity contribution is 0.663. The average Bonchev–Trinajstić information content (AvgIpc) is 1.97. The molecule has 2 N–H and O–H groups in total. The minimum absolute atomic E-state index is 0.0806. The van der Waals surface area contributed by atoms with Gasteiger partial charge in [-0.3, -0.25) is 4.21 Å². The van der Waals surface area contributed by atoms with Gasteiger partial charge in [-0.15, -0.1) is 0 Å². The molecule has 0 saturated heterocycles. The van der Waals surface area contributed by atoms with E-state index < -0.39 is 10.8 Å². The molecule has 0 spiro atoms. The van der Waals surface area contributed by atoms with Gasteiger partial charge < -0.3 is 5.73 Å². The summed E-state index contributed by atoms with van der Waals surface area (Å²) in [5, 5.41) is 0. The molecule has 2 unspecified atom stereocenters. The van der Waals surface area contributed by atoms with Crippen molar-refractivity contribution in [2.75, 3.05) is 11.5 Å². The van der Waals surface area contributed by atoms with Gasteiger partial charge in [0.1, 0.15) is 0 Å². The van der Waals surface area contributed by atoms with Crippen LogP contribution in [0, 0.1) is 0 Å². The van der Waals surface area contributed by atoms with Gasteiger partial charge in [0.25, 0.3) is 0 Å². The molecule has 0 aromatic heterocycles. The number of hydrogen-bond acceptors (Lipinski definition) is 2. The fourth-order valence-corrected chi connectivity index (χ4v) is 2.35. The van der Waals surface area contributed by atoms with E-state index in [1.807, 2.05) is 6.92 Å². The summed E-state index contributed by atoms with van der Waals surface area (Å²) < 4.78 is 11.2. The second-order valence-electron chi connectivity index (χ2n) is 3.35. The van der Waals surface area contributed by atoms with Crippen molar-refractivity contribution in [3.63, 3.8) is 0 Å². The summed E-state index contributed by atoms with van der Waals surface area (Å²) in [5.41, 5.74) is 5.53. The predicted molar refractivity (Wildman–Crippen MR) is 55.7 cm³/mol. The summed E-state index contributed by atoms with van der Waals surface area (Å²) in [4.78, 5) is 0. The van der Waals surface area contributed by atoms with Crippen molar-refractivity contribution in [1.29, 1.82) is 0 Å². The molecular formula is C9H21NOS. The minimum atomic E-state index is -0.679. The largest absolute Gasteiger partial charge is 0.327 e. The van der Waals surface area contributed by atoms with Crippen molar-refractivity contribution < 1.29 is 4.21 Å². The van der Waals surface area contributed by atoms with Gasteiger partial charge in [0.05, 0.1) is 0 Å². The van der Waals surface area contributed by atoms with Crippen LogP contribution in [0.4, 0.5) is 0 Å². The van der Waals surface area contributed by atoms with Gasteiger partial charge in [0.15, 0.2) is 0 Å². The Bertz CT molecular complexity index is 126. The van der Waals surface area contributed by atoms with Crippen molar-refractivity contribution in [3.05, 3.63) is 0 Å². The number of unbranched alkanes of at least 4 members (excludes halogenated alkanes) is 3. The maximum absolute atomic E-state index is 11.2. The van der Waals surface area contributed by atoms with Crippen LogP contribution in [0.2, 0.25) is 0 Å². The van der Waals surface area contributed by atoms with Crippen molar-refractivity contribution in [2.24, 2.45) is 5.73 Å². The molecule has 0 bridgehead atoms. The Labute approximate surface area is 78.4 Å². The lowest BCUT2D eigenvalue weighted by atomic mass is 10.2. The molecular weight excluding hydrogens is 170 g/mol. The van der Waals surface area contributed by atoms with Gasteiger partial charge in [0.2, 0.25) is 0 Å². The molecule has 0 aliphatic heterocycles. The molecule has 0 fully saturated rings. The summed E-state index contributed by atoms with van der Waals surface area (Å²) in [6, 6.07) is 0.0806. The van der Waals surface area contributed by atoms with Crippen molar-refractivity contribution >= 4 is 10.8 Å². The first-order valence-electron chi connectivity index (χ1n) is 4.77. The molecule has 2 nitrogen and oxygen atoms in total. The molecule has 0 aliphatic carbocycles. The van der Waals surface area contributed by atoms with Crippen molar-refractivity contribution in [1.82, 2.24) is 0 Å². The zero-order valence-electron chi connectivity index (χ0n) is 8.21. The smallest absolute Gasteiger partial charge is 0.0383 e. The third-order valence-electron chi connectivity index (χ3n) is 1.67. The van der Waals surface area contributed by atoms with E-state index in [0.717, 1.165) is 12.2 Å². The summed E-state index contributed by atoms with van der Waals surface area (Å²) in [6.45, 7) is 4.09.